The van der Waals surface area contributed by atoms with Crippen LogP contribution in [0.5, 0.6) is 0 Å². The molecule has 1 aromatic heterocycles. The van der Waals surface area contributed by atoms with Crippen molar-refractivity contribution < 1.29 is 0 Å². The molecule has 0 bridgehead atoms. The molecule has 0 saturated carbocycles. The van der Waals surface area contributed by atoms with Crippen LogP contribution in [0.3, 0.4) is 0 Å². The van der Waals surface area contributed by atoms with Crippen molar-refractivity contribution in [3.05, 3.63) is 21.9 Å². The van der Waals surface area contributed by atoms with Crippen molar-refractivity contribution >= 4 is 11.3 Å². The quantitative estimate of drug-likeness (QED) is 0.850. The zero-order valence-electron chi connectivity index (χ0n) is 9.24. The van der Waals surface area contributed by atoms with Gasteiger partial charge in [0.25, 0.3) is 0 Å². The van der Waals surface area contributed by atoms with Crippen LogP contribution in [0.25, 0.3) is 0 Å². The SMILES string of the molecule is NCCc1csc(CN2CCCCC2)c1. The van der Waals surface area contributed by atoms with Gasteiger partial charge in [0.2, 0.25) is 0 Å². The smallest absolute Gasteiger partial charge is 0.0328 e. The molecule has 2 nitrogen and oxygen atoms in total. The van der Waals surface area contributed by atoms with Crippen LogP contribution in [0.2, 0.25) is 0 Å². The highest BCUT2D eigenvalue weighted by Crippen LogP contribution is 2.19. The van der Waals surface area contributed by atoms with Crippen LogP contribution < -0.4 is 5.73 Å². The Morgan fingerprint density at radius 3 is 2.80 bits per heavy atom. The molecule has 0 amide bonds. The van der Waals surface area contributed by atoms with Crippen LogP contribution in [0, 0.1) is 0 Å². The fourth-order valence-corrected chi connectivity index (χ4v) is 3.11. The van der Waals surface area contributed by atoms with E-state index in [0.29, 0.717) is 0 Å². The van der Waals surface area contributed by atoms with E-state index in [1.54, 1.807) is 0 Å². The van der Waals surface area contributed by atoms with Crippen LogP contribution in [0.4, 0.5) is 0 Å². The molecule has 84 valence electrons. The predicted molar refractivity (Wildman–Crippen MR) is 66.2 cm³/mol. The van der Waals surface area contributed by atoms with Gasteiger partial charge < -0.3 is 5.73 Å². The second kappa shape index (κ2) is 5.64. The van der Waals surface area contributed by atoms with Crippen molar-refractivity contribution in [2.24, 2.45) is 5.73 Å². The van der Waals surface area contributed by atoms with Crippen LogP contribution in [-0.2, 0) is 13.0 Å². The molecule has 3 heteroatoms. The first-order valence-corrected chi connectivity index (χ1v) is 6.75. The van der Waals surface area contributed by atoms with E-state index in [4.69, 9.17) is 5.73 Å². The van der Waals surface area contributed by atoms with E-state index < -0.39 is 0 Å². The maximum absolute atomic E-state index is 5.55. The first-order chi connectivity index (χ1) is 7.38. The fourth-order valence-electron chi connectivity index (χ4n) is 2.14. The highest BCUT2D eigenvalue weighted by atomic mass is 32.1. The lowest BCUT2D eigenvalue weighted by atomic mass is 10.1. The van der Waals surface area contributed by atoms with Gasteiger partial charge >= 0.3 is 0 Å². The summed E-state index contributed by atoms with van der Waals surface area (Å²) in [4.78, 5) is 4.07. The molecule has 1 aromatic rings. The fraction of sp³-hybridized carbons (Fsp3) is 0.667. The summed E-state index contributed by atoms with van der Waals surface area (Å²) in [5.74, 6) is 0. The normalized spacial score (nSPS) is 18.2. The first kappa shape index (κ1) is 11.1. The number of hydrogen-bond donors (Lipinski definition) is 1. The van der Waals surface area contributed by atoms with Crippen molar-refractivity contribution in [3.8, 4) is 0 Å². The van der Waals surface area contributed by atoms with Gasteiger partial charge in [0.05, 0.1) is 0 Å². The van der Waals surface area contributed by atoms with Crippen molar-refractivity contribution in [1.29, 1.82) is 0 Å². The molecule has 0 aromatic carbocycles. The number of nitrogens with two attached hydrogens (primary N) is 1. The Morgan fingerprint density at radius 1 is 1.27 bits per heavy atom. The van der Waals surface area contributed by atoms with Crippen molar-refractivity contribution in [3.63, 3.8) is 0 Å². The largest absolute Gasteiger partial charge is 0.330 e. The van der Waals surface area contributed by atoms with E-state index >= 15 is 0 Å². The minimum atomic E-state index is 0.764. The number of likely N-dealkylation sites (tertiary alicyclic amines) is 1. The molecule has 0 radical (unpaired) electrons. The van der Waals surface area contributed by atoms with E-state index in [1.165, 1.54) is 42.8 Å². The molecule has 0 aliphatic carbocycles. The third kappa shape index (κ3) is 3.30. The van der Waals surface area contributed by atoms with Gasteiger partial charge in [-0.05, 0) is 55.9 Å². The van der Waals surface area contributed by atoms with Gasteiger partial charge in [-0.15, -0.1) is 11.3 Å². The van der Waals surface area contributed by atoms with E-state index in [9.17, 15) is 0 Å². The molecule has 1 saturated heterocycles. The molecule has 2 rings (SSSR count). The molecular weight excluding hydrogens is 204 g/mol. The van der Waals surface area contributed by atoms with Gasteiger partial charge in [-0.2, -0.15) is 0 Å². The summed E-state index contributed by atoms with van der Waals surface area (Å²) in [6.07, 6.45) is 5.19. The third-order valence-corrected chi connectivity index (χ3v) is 3.94. The van der Waals surface area contributed by atoms with E-state index in [2.05, 4.69) is 16.3 Å². The van der Waals surface area contributed by atoms with Crippen molar-refractivity contribution in [2.75, 3.05) is 19.6 Å². The number of rotatable bonds is 4. The first-order valence-electron chi connectivity index (χ1n) is 5.87. The molecule has 0 spiro atoms. The average molecular weight is 224 g/mol. The Balaban J connectivity index is 1.86. The maximum atomic E-state index is 5.55. The van der Waals surface area contributed by atoms with Crippen LogP contribution in [0.1, 0.15) is 29.7 Å². The van der Waals surface area contributed by atoms with Gasteiger partial charge in [0, 0.05) is 11.4 Å². The van der Waals surface area contributed by atoms with Crippen molar-refractivity contribution in [1.82, 2.24) is 4.90 Å². The molecule has 1 fully saturated rings. The van der Waals surface area contributed by atoms with E-state index in [0.717, 1.165) is 19.5 Å². The summed E-state index contributed by atoms with van der Waals surface area (Å²) < 4.78 is 0. The lowest BCUT2D eigenvalue weighted by molar-refractivity contribution is 0.222. The molecule has 0 atom stereocenters. The van der Waals surface area contributed by atoms with E-state index in [1.807, 2.05) is 11.3 Å². The lowest BCUT2D eigenvalue weighted by Gasteiger charge is -2.25. The molecule has 2 N–H and O–H groups in total. The summed E-state index contributed by atoms with van der Waals surface area (Å²) >= 11 is 1.89. The highest BCUT2D eigenvalue weighted by Gasteiger charge is 2.11. The Kier molecular flexibility index (Phi) is 4.18. The van der Waals surface area contributed by atoms with Crippen LogP contribution in [0.15, 0.2) is 11.4 Å². The molecular formula is C12H20N2S. The van der Waals surface area contributed by atoms with Gasteiger partial charge in [-0.3, -0.25) is 4.90 Å². The standard InChI is InChI=1S/C12H20N2S/c13-5-4-11-8-12(15-10-11)9-14-6-2-1-3-7-14/h8,10H,1-7,9,13H2. The number of piperidine rings is 1. The summed E-state index contributed by atoms with van der Waals surface area (Å²) in [5, 5.41) is 2.26. The Labute approximate surface area is 96.1 Å². The van der Waals surface area contributed by atoms with Gasteiger partial charge in [-0.1, -0.05) is 6.42 Å². The molecule has 15 heavy (non-hydrogen) atoms. The minimum Gasteiger partial charge on any atom is -0.330 e. The zero-order chi connectivity index (χ0) is 10.5. The van der Waals surface area contributed by atoms with E-state index in [-0.39, 0.29) is 0 Å². The molecule has 1 aliphatic heterocycles. The number of thiophene rings is 1. The minimum absolute atomic E-state index is 0.764. The molecule has 2 heterocycles. The summed E-state index contributed by atoms with van der Waals surface area (Å²) in [6, 6.07) is 2.33. The Bertz CT molecular complexity index is 290. The second-order valence-corrected chi connectivity index (χ2v) is 5.29. The monoisotopic (exact) mass is 224 g/mol. The Hall–Kier alpha value is -0.380. The molecule has 1 aliphatic rings. The van der Waals surface area contributed by atoms with Gasteiger partial charge in [0.1, 0.15) is 0 Å². The van der Waals surface area contributed by atoms with Gasteiger partial charge in [0.15, 0.2) is 0 Å². The lowest BCUT2D eigenvalue weighted by Crippen LogP contribution is -2.28. The Morgan fingerprint density at radius 2 is 2.07 bits per heavy atom. The maximum Gasteiger partial charge on any atom is 0.0328 e. The van der Waals surface area contributed by atoms with Crippen LogP contribution in [-0.4, -0.2) is 24.5 Å². The third-order valence-electron chi connectivity index (χ3n) is 2.97. The number of nitrogens with zero attached hydrogens (tertiary/aromatic N) is 1. The number of hydrogen-bond acceptors (Lipinski definition) is 3. The predicted octanol–water partition coefficient (Wildman–Crippen LogP) is 2.24. The second-order valence-electron chi connectivity index (χ2n) is 4.30. The van der Waals surface area contributed by atoms with Crippen LogP contribution >= 0.6 is 11.3 Å². The van der Waals surface area contributed by atoms with Gasteiger partial charge in [-0.25, -0.2) is 0 Å². The summed E-state index contributed by atoms with van der Waals surface area (Å²) in [5.41, 5.74) is 6.96. The summed E-state index contributed by atoms with van der Waals surface area (Å²) in [6.45, 7) is 4.48. The topological polar surface area (TPSA) is 29.3 Å². The highest BCUT2D eigenvalue weighted by molar-refractivity contribution is 7.10. The zero-order valence-corrected chi connectivity index (χ0v) is 10.1. The molecule has 0 unspecified atom stereocenters. The summed E-state index contributed by atoms with van der Waals surface area (Å²) in [7, 11) is 0. The van der Waals surface area contributed by atoms with Crippen molar-refractivity contribution in [2.45, 2.75) is 32.2 Å². The average Bonchev–Trinajstić information content (AvgIpc) is 2.68.